The second kappa shape index (κ2) is 9.75. The molecule has 2 aliphatic rings. The van der Waals surface area contributed by atoms with Gasteiger partial charge in [0.1, 0.15) is 36.6 Å². The summed E-state index contributed by atoms with van der Waals surface area (Å²) >= 11 is 0. The minimum Gasteiger partial charge on any atom is -0.388 e. The Balaban J connectivity index is 1.83. The highest BCUT2D eigenvalue weighted by Crippen LogP contribution is 2.27. The van der Waals surface area contributed by atoms with Crippen molar-refractivity contribution in [3.8, 4) is 0 Å². The van der Waals surface area contributed by atoms with Crippen LogP contribution in [0.1, 0.15) is 46.5 Å². The minimum atomic E-state index is -1.27. The van der Waals surface area contributed by atoms with Gasteiger partial charge in [-0.1, -0.05) is 19.8 Å². The fourth-order valence-electron chi connectivity index (χ4n) is 3.70. The zero-order chi connectivity index (χ0) is 19.4. The first-order valence-corrected chi connectivity index (χ1v) is 9.60. The van der Waals surface area contributed by atoms with Crippen molar-refractivity contribution in [2.45, 2.75) is 107 Å². The first-order valence-electron chi connectivity index (χ1n) is 9.60. The van der Waals surface area contributed by atoms with Crippen LogP contribution in [0.3, 0.4) is 0 Å². The average molecular weight is 378 g/mol. The van der Waals surface area contributed by atoms with Crippen LogP contribution in [0.25, 0.3) is 0 Å². The third-order valence-electron chi connectivity index (χ3n) is 5.43. The van der Waals surface area contributed by atoms with Crippen LogP contribution in [0.4, 0.5) is 0 Å². The molecular formula is C18H34O8. The molecule has 8 heteroatoms. The fraction of sp³-hybridized carbons (Fsp3) is 1.00. The highest BCUT2D eigenvalue weighted by atomic mass is 16.6. The minimum absolute atomic E-state index is 0.152. The van der Waals surface area contributed by atoms with Crippen LogP contribution in [-0.2, 0) is 14.2 Å². The number of rotatable bonds is 7. The third-order valence-corrected chi connectivity index (χ3v) is 5.43. The molecule has 0 aromatic rings. The number of aliphatic hydroxyl groups excluding tert-OH is 5. The van der Waals surface area contributed by atoms with Gasteiger partial charge in [0.25, 0.3) is 0 Å². The zero-order valence-electron chi connectivity index (χ0n) is 15.8. The number of aliphatic hydroxyl groups is 5. The van der Waals surface area contributed by atoms with Crippen molar-refractivity contribution in [3.63, 3.8) is 0 Å². The topological polar surface area (TPSA) is 129 Å². The predicted molar refractivity (Wildman–Crippen MR) is 92.6 cm³/mol. The van der Waals surface area contributed by atoms with Gasteiger partial charge in [0.2, 0.25) is 0 Å². The van der Waals surface area contributed by atoms with Crippen LogP contribution in [0, 0.1) is 0 Å². The van der Waals surface area contributed by atoms with Gasteiger partial charge in [-0.05, 0) is 26.7 Å². The maximum absolute atomic E-state index is 10.4. The van der Waals surface area contributed by atoms with E-state index in [1.807, 2.05) is 0 Å². The molecule has 2 saturated heterocycles. The monoisotopic (exact) mass is 378 g/mol. The number of hydrogen-bond acceptors (Lipinski definition) is 8. The van der Waals surface area contributed by atoms with E-state index in [4.69, 9.17) is 14.2 Å². The Bertz CT molecular complexity index is 422. The molecule has 10 atom stereocenters. The quantitative estimate of drug-likeness (QED) is 0.395. The number of unbranched alkanes of at least 4 members (excludes halogenated alkanes) is 1. The molecule has 0 aromatic heterocycles. The molecule has 2 fully saturated rings. The lowest BCUT2D eigenvalue weighted by atomic mass is 9.92. The molecule has 2 aliphatic heterocycles. The van der Waals surface area contributed by atoms with E-state index in [-0.39, 0.29) is 19.1 Å². The van der Waals surface area contributed by atoms with Crippen molar-refractivity contribution in [2.24, 2.45) is 0 Å². The van der Waals surface area contributed by atoms with Crippen molar-refractivity contribution < 1.29 is 39.7 Å². The summed E-state index contributed by atoms with van der Waals surface area (Å²) in [5, 5.41) is 50.2. The van der Waals surface area contributed by atoms with Gasteiger partial charge in [0.05, 0.1) is 24.4 Å². The van der Waals surface area contributed by atoms with Crippen LogP contribution in [0.15, 0.2) is 0 Å². The van der Waals surface area contributed by atoms with Crippen molar-refractivity contribution in [1.29, 1.82) is 0 Å². The molecule has 154 valence electrons. The van der Waals surface area contributed by atoms with Gasteiger partial charge in [-0.2, -0.15) is 0 Å². The molecule has 0 aromatic carbocycles. The molecule has 0 saturated carbocycles. The Morgan fingerprint density at radius 2 is 1.31 bits per heavy atom. The van der Waals surface area contributed by atoms with E-state index in [2.05, 4.69) is 6.92 Å². The lowest BCUT2D eigenvalue weighted by molar-refractivity contribution is -0.241. The van der Waals surface area contributed by atoms with Crippen LogP contribution in [0.2, 0.25) is 0 Å². The average Bonchev–Trinajstić information content (AvgIpc) is 2.62. The van der Waals surface area contributed by atoms with Crippen molar-refractivity contribution in [2.75, 3.05) is 6.61 Å². The van der Waals surface area contributed by atoms with Gasteiger partial charge < -0.3 is 39.7 Å². The Kier molecular flexibility index (Phi) is 8.24. The number of hydrogen-bond donors (Lipinski definition) is 5. The van der Waals surface area contributed by atoms with Gasteiger partial charge in [-0.3, -0.25) is 0 Å². The predicted octanol–water partition coefficient (Wildman–Crippen LogP) is -0.669. The summed E-state index contributed by atoms with van der Waals surface area (Å²) in [6.45, 7) is 5.63. The van der Waals surface area contributed by atoms with Gasteiger partial charge in [-0.25, -0.2) is 0 Å². The van der Waals surface area contributed by atoms with Gasteiger partial charge in [0.15, 0.2) is 0 Å². The van der Waals surface area contributed by atoms with Crippen molar-refractivity contribution in [3.05, 3.63) is 0 Å². The molecule has 0 amide bonds. The van der Waals surface area contributed by atoms with Crippen molar-refractivity contribution >= 4 is 0 Å². The second-order valence-corrected chi connectivity index (χ2v) is 7.48. The summed E-state index contributed by atoms with van der Waals surface area (Å²) in [6, 6.07) is 0. The lowest BCUT2D eigenvalue weighted by Gasteiger charge is -2.42. The largest absolute Gasteiger partial charge is 0.388 e. The van der Waals surface area contributed by atoms with E-state index >= 15 is 0 Å². The first-order chi connectivity index (χ1) is 12.3. The molecule has 26 heavy (non-hydrogen) atoms. The first kappa shape index (κ1) is 22.0. The number of ether oxygens (including phenoxy) is 3. The van der Waals surface area contributed by atoms with Crippen LogP contribution >= 0.6 is 0 Å². The van der Waals surface area contributed by atoms with Gasteiger partial charge in [0, 0.05) is 6.61 Å². The van der Waals surface area contributed by atoms with E-state index in [9.17, 15) is 25.5 Å². The van der Waals surface area contributed by atoms with E-state index in [0.717, 1.165) is 12.8 Å². The van der Waals surface area contributed by atoms with Crippen LogP contribution in [0.5, 0.6) is 0 Å². The third kappa shape index (κ3) is 4.94. The molecule has 5 N–H and O–H groups in total. The fourth-order valence-corrected chi connectivity index (χ4v) is 3.70. The molecule has 0 spiro atoms. The van der Waals surface area contributed by atoms with Gasteiger partial charge >= 0.3 is 0 Å². The van der Waals surface area contributed by atoms with Crippen LogP contribution in [-0.4, -0.2) is 93.2 Å². The molecule has 0 aliphatic carbocycles. The van der Waals surface area contributed by atoms with Crippen LogP contribution < -0.4 is 0 Å². The second-order valence-electron chi connectivity index (χ2n) is 7.48. The Morgan fingerprint density at radius 1 is 0.731 bits per heavy atom. The summed E-state index contributed by atoms with van der Waals surface area (Å²) in [5.41, 5.74) is 0. The highest BCUT2D eigenvalue weighted by molar-refractivity contribution is 4.93. The standard InChI is InChI=1S/C18H34O8/c1-4-5-6-11-15(21)17(23)18(10(3)26-11)24-8-7-12-14(20)16(22)13(19)9(2)25-12/h9-23H,4-8H2,1-3H3/t9-,10-,11?,12?,13+,14+,15+,16+,17-,18+/m0/s1. The summed E-state index contributed by atoms with van der Waals surface area (Å²) in [6.07, 6.45) is -5.54. The lowest BCUT2D eigenvalue weighted by Crippen LogP contribution is -2.58. The van der Waals surface area contributed by atoms with E-state index in [0.29, 0.717) is 6.42 Å². The maximum atomic E-state index is 10.4. The normalized spacial score (nSPS) is 47.1. The molecule has 8 nitrogen and oxygen atoms in total. The zero-order valence-corrected chi connectivity index (χ0v) is 15.8. The van der Waals surface area contributed by atoms with Gasteiger partial charge in [-0.15, -0.1) is 0 Å². The molecule has 0 radical (unpaired) electrons. The Hall–Kier alpha value is -0.320. The van der Waals surface area contributed by atoms with E-state index < -0.39 is 54.9 Å². The highest BCUT2D eigenvalue weighted by Gasteiger charge is 2.44. The Labute approximate surface area is 154 Å². The Morgan fingerprint density at radius 3 is 1.96 bits per heavy atom. The molecular weight excluding hydrogens is 344 g/mol. The summed E-state index contributed by atoms with van der Waals surface area (Å²) < 4.78 is 17.0. The smallest absolute Gasteiger partial charge is 0.112 e. The van der Waals surface area contributed by atoms with E-state index in [1.54, 1.807) is 13.8 Å². The SMILES string of the molecule is CCCCC1O[C@@H](C)[C@@H](OCCC2O[C@@H](C)[C@@H](O)[C@@H](O)[C@@H]2O)[C@@H](O)[C@@H]1O. The molecule has 2 rings (SSSR count). The molecule has 2 heterocycles. The summed E-state index contributed by atoms with van der Waals surface area (Å²) in [5.74, 6) is 0. The van der Waals surface area contributed by atoms with E-state index in [1.165, 1.54) is 0 Å². The summed E-state index contributed by atoms with van der Waals surface area (Å²) in [7, 11) is 0. The maximum Gasteiger partial charge on any atom is 0.112 e. The molecule has 2 unspecified atom stereocenters. The summed E-state index contributed by atoms with van der Waals surface area (Å²) in [4.78, 5) is 0. The molecule has 0 bridgehead atoms. The van der Waals surface area contributed by atoms with Crippen molar-refractivity contribution in [1.82, 2.24) is 0 Å².